The Bertz CT molecular complexity index is 183. The van der Waals surface area contributed by atoms with Crippen molar-refractivity contribution in [2.45, 2.75) is 20.8 Å². The van der Waals surface area contributed by atoms with Crippen LogP contribution >= 0.6 is 0 Å². The Kier molecular flexibility index (Phi) is 3.47. The highest BCUT2D eigenvalue weighted by Gasteiger charge is 1.99. The summed E-state index contributed by atoms with van der Waals surface area (Å²) in [7, 11) is 0. The van der Waals surface area contributed by atoms with Gasteiger partial charge in [0.2, 0.25) is 0 Å². The molecule has 0 aromatic heterocycles. The first kappa shape index (κ1) is 8.95. The molecule has 56 valence electrons. The van der Waals surface area contributed by atoms with Crippen LogP contribution in [-0.2, 0) is 4.79 Å². The van der Waals surface area contributed by atoms with Crippen LogP contribution in [0.25, 0.3) is 0 Å². The van der Waals surface area contributed by atoms with Gasteiger partial charge in [0.15, 0.2) is 0 Å². The van der Waals surface area contributed by atoms with E-state index in [2.05, 4.69) is 0 Å². The minimum atomic E-state index is -0.872. The van der Waals surface area contributed by atoms with Gasteiger partial charge >= 0.3 is 5.97 Å². The van der Waals surface area contributed by atoms with Gasteiger partial charge in [-0.1, -0.05) is 11.6 Å². The average Bonchev–Trinajstić information content (AvgIpc) is 1.81. The maximum Gasteiger partial charge on any atom is 0.335 e. The van der Waals surface area contributed by atoms with Crippen LogP contribution in [0.5, 0.6) is 0 Å². The SMILES string of the molecule is C/C=C(\C=C(C)C)C(=O)O. The first-order valence-corrected chi connectivity index (χ1v) is 3.12. The molecule has 0 atom stereocenters. The van der Waals surface area contributed by atoms with Crippen LogP contribution in [-0.4, -0.2) is 11.1 Å². The van der Waals surface area contributed by atoms with Gasteiger partial charge in [0.1, 0.15) is 0 Å². The van der Waals surface area contributed by atoms with Gasteiger partial charge in [0.05, 0.1) is 5.57 Å². The van der Waals surface area contributed by atoms with Crippen molar-refractivity contribution in [2.75, 3.05) is 0 Å². The number of hydrogen-bond acceptors (Lipinski definition) is 1. The summed E-state index contributed by atoms with van der Waals surface area (Å²) in [6.07, 6.45) is 3.22. The number of aliphatic carboxylic acids is 1. The lowest BCUT2D eigenvalue weighted by atomic mass is 10.2. The van der Waals surface area contributed by atoms with Crippen molar-refractivity contribution in [2.24, 2.45) is 0 Å². The van der Waals surface area contributed by atoms with E-state index in [1.807, 2.05) is 13.8 Å². The van der Waals surface area contributed by atoms with Crippen molar-refractivity contribution < 1.29 is 9.90 Å². The molecule has 2 nitrogen and oxygen atoms in total. The summed E-state index contributed by atoms with van der Waals surface area (Å²) in [6.45, 7) is 5.45. The second-order valence-electron chi connectivity index (χ2n) is 2.27. The zero-order chi connectivity index (χ0) is 8.15. The van der Waals surface area contributed by atoms with Crippen molar-refractivity contribution in [3.05, 3.63) is 23.3 Å². The average molecular weight is 140 g/mol. The van der Waals surface area contributed by atoms with Crippen LogP contribution in [0.4, 0.5) is 0 Å². The first-order chi connectivity index (χ1) is 4.57. The van der Waals surface area contributed by atoms with Gasteiger partial charge in [-0.05, 0) is 26.8 Å². The molecule has 0 spiro atoms. The molecular weight excluding hydrogens is 128 g/mol. The molecule has 0 bridgehead atoms. The Morgan fingerprint density at radius 3 is 2.00 bits per heavy atom. The molecule has 0 aliphatic carbocycles. The Morgan fingerprint density at radius 2 is 1.90 bits per heavy atom. The maximum atomic E-state index is 10.4. The molecule has 0 aromatic rings. The fourth-order valence-electron chi connectivity index (χ4n) is 0.580. The molecule has 0 radical (unpaired) electrons. The number of hydrogen-bond donors (Lipinski definition) is 1. The van der Waals surface area contributed by atoms with Crippen LogP contribution in [0.3, 0.4) is 0 Å². The fourth-order valence-corrected chi connectivity index (χ4v) is 0.580. The standard InChI is InChI=1S/C8H12O2/c1-4-7(8(9)10)5-6(2)3/h4-5H,1-3H3,(H,9,10)/b7-4+. The van der Waals surface area contributed by atoms with Crippen molar-refractivity contribution in [1.29, 1.82) is 0 Å². The van der Waals surface area contributed by atoms with E-state index in [0.717, 1.165) is 5.57 Å². The molecule has 0 aromatic carbocycles. The summed E-state index contributed by atoms with van der Waals surface area (Å²) in [4.78, 5) is 10.4. The van der Waals surface area contributed by atoms with E-state index in [-0.39, 0.29) is 0 Å². The highest BCUT2D eigenvalue weighted by molar-refractivity contribution is 5.89. The van der Waals surface area contributed by atoms with Crippen LogP contribution in [0, 0.1) is 0 Å². The predicted molar refractivity (Wildman–Crippen MR) is 40.8 cm³/mol. The van der Waals surface area contributed by atoms with Gasteiger partial charge < -0.3 is 5.11 Å². The highest BCUT2D eigenvalue weighted by atomic mass is 16.4. The van der Waals surface area contributed by atoms with Crippen LogP contribution in [0.1, 0.15) is 20.8 Å². The molecule has 0 saturated heterocycles. The molecule has 0 rings (SSSR count). The minimum absolute atomic E-state index is 0.347. The molecule has 0 fully saturated rings. The van der Waals surface area contributed by atoms with Gasteiger partial charge in [0, 0.05) is 0 Å². The number of rotatable bonds is 2. The number of carbonyl (C=O) groups is 1. The zero-order valence-electron chi connectivity index (χ0n) is 6.51. The largest absolute Gasteiger partial charge is 0.478 e. The van der Waals surface area contributed by atoms with Crippen molar-refractivity contribution in [3.8, 4) is 0 Å². The molecule has 1 N–H and O–H groups in total. The monoisotopic (exact) mass is 140 g/mol. The van der Waals surface area contributed by atoms with Crippen LogP contribution in [0.15, 0.2) is 23.3 Å². The van der Waals surface area contributed by atoms with E-state index < -0.39 is 5.97 Å². The molecular formula is C8H12O2. The smallest absolute Gasteiger partial charge is 0.335 e. The number of allylic oxidation sites excluding steroid dienone is 2. The molecule has 0 unspecified atom stereocenters. The van der Waals surface area contributed by atoms with E-state index in [0.29, 0.717) is 5.57 Å². The van der Waals surface area contributed by atoms with Gasteiger partial charge in [-0.2, -0.15) is 0 Å². The van der Waals surface area contributed by atoms with E-state index in [1.54, 1.807) is 19.1 Å². The van der Waals surface area contributed by atoms with E-state index in [9.17, 15) is 4.79 Å². The summed E-state index contributed by atoms with van der Waals surface area (Å²) >= 11 is 0. The minimum Gasteiger partial charge on any atom is -0.478 e. The Labute approximate surface area is 60.9 Å². The third-order valence-corrected chi connectivity index (χ3v) is 1.00. The van der Waals surface area contributed by atoms with E-state index in [1.165, 1.54) is 0 Å². The Morgan fingerprint density at radius 1 is 1.40 bits per heavy atom. The van der Waals surface area contributed by atoms with Crippen LogP contribution < -0.4 is 0 Å². The second kappa shape index (κ2) is 3.88. The van der Waals surface area contributed by atoms with Crippen molar-refractivity contribution in [1.82, 2.24) is 0 Å². The third kappa shape index (κ3) is 3.07. The number of carboxylic acid groups (broad SMARTS) is 1. The van der Waals surface area contributed by atoms with Crippen molar-refractivity contribution >= 4 is 5.97 Å². The summed E-state index contributed by atoms with van der Waals surface area (Å²) in [5.74, 6) is -0.872. The van der Waals surface area contributed by atoms with Gasteiger partial charge in [-0.15, -0.1) is 0 Å². The fraction of sp³-hybridized carbons (Fsp3) is 0.375. The molecule has 0 aliphatic heterocycles. The van der Waals surface area contributed by atoms with Crippen LogP contribution in [0.2, 0.25) is 0 Å². The summed E-state index contributed by atoms with van der Waals surface area (Å²) in [5.41, 5.74) is 1.34. The topological polar surface area (TPSA) is 37.3 Å². The van der Waals surface area contributed by atoms with Gasteiger partial charge in [-0.25, -0.2) is 4.79 Å². The predicted octanol–water partition coefficient (Wildman–Crippen LogP) is 1.98. The van der Waals surface area contributed by atoms with Gasteiger partial charge in [-0.3, -0.25) is 0 Å². The molecule has 0 saturated carbocycles. The molecule has 0 aliphatic rings. The lowest BCUT2D eigenvalue weighted by Crippen LogP contribution is -1.96. The lowest BCUT2D eigenvalue weighted by molar-refractivity contribution is -0.132. The highest BCUT2D eigenvalue weighted by Crippen LogP contribution is 2.00. The van der Waals surface area contributed by atoms with E-state index in [4.69, 9.17) is 5.11 Å². The molecule has 2 heteroatoms. The molecule has 10 heavy (non-hydrogen) atoms. The summed E-state index contributed by atoms with van der Waals surface area (Å²) in [5, 5.41) is 8.51. The third-order valence-electron chi connectivity index (χ3n) is 1.00. The number of carboxylic acids is 1. The quantitative estimate of drug-likeness (QED) is 0.470. The second-order valence-corrected chi connectivity index (χ2v) is 2.27. The van der Waals surface area contributed by atoms with Crippen molar-refractivity contribution in [3.63, 3.8) is 0 Å². The van der Waals surface area contributed by atoms with Gasteiger partial charge in [0.25, 0.3) is 0 Å². The molecule has 0 amide bonds. The van der Waals surface area contributed by atoms with E-state index >= 15 is 0 Å². The normalized spacial score (nSPS) is 10.9. The lowest BCUT2D eigenvalue weighted by Gasteiger charge is -1.92. The first-order valence-electron chi connectivity index (χ1n) is 3.12. The maximum absolute atomic E-state index is 10.4. The Balaban J connectivity index is 4.42. The summed E-state index contributed by atoms with van der Waals surface area (Å²) in [6, 6.07) is 0. The molecule has 0 heterocycles. The Hall–Kier alpha value is -1.05. The zero-order valence-corrected chi connectivity index (χ0v) is 6.51. The summed E-state index contributed by atoms with van der Waals surface area (Å²) < 4.78 is 0.